The predicted octanol–water partition coefficient (Wildman–Crippen LogP) is 3.14. The van der Waals surface area contributed by atoms with E-state index in [1.165, 1.54) is 6.07 Å². The van der Waals surface area contributed by atoms with Crippen molar-refractivity contribution in [1.82, 2.24) is 25.4 Å². The molecule has 0 radical (unpaired) electrons. The highest BCUT2D eigenvalue weighted by Gasteiger charge is 2.12. The van der Waals surface area contributed by atoms with E-state index < -0.39 is 0 Å². The van der Waals surface area contributed by atoms with Crippen LogP contribution >= 0.6 is 11.8 Å². The van der Waals surface area contributed by atoms with Crippen molar-refractivity contribution in [3.63, 3.8) is 0 Å². The van der Waals surface area contributed by atoms with E-state index in [0.717, 1.165) is 42.9 Å². The Bertz CT molecular complexity index is 759. The van der Waals surface area contributed by atoms with Crippen molar-refractivity contribution in [1.29, 1.82) is 0 Å². The fourth-order valence-electron chi connectivity index (χ4n) is 2.89. The number of aromatic nitrogens is 3. The molecule has 2 rings (SSSR count). The summed E-state index contributed by atoms with van der Waals surface area (Å²) in [7, 11) is 1.74. The minimum absolute atomic E-state index is 0.164. The van der Waals surface area contributed by atoms with Gasteiger partial charge in [0.2, 0.25) is 0 Å². The van der Waals surface area contributed by atoms with Gasteiger partial charge in [-0.05, 0) is 36.6 Å². The molecule has 2 N–H and O–H groups in total. The van der Waals surface area contributed by atoms with Gasteiger partial charge in [-0.25, -0.2) is 4.39 Å². The molecule has 28 heavy (non-hydrogen) atoms. The van der Waals surface area contributed by atoms with Crippen LogP contribution in [0.4, 0.5) is 4.39 Å². The van der Waals surface area contributed by atoms with Gasteiger partial charge in [0, 0.05) is 33.1 Å². The standard InChI is InChI=1S/C20H31FN6S/c1-15(2)14-27-18(25-26-20(27)28-4)10-7-12-23-19(22-3)24-13-11-16-8-5-6-9-17(16)21/h5-6,8-9,15H,7,10-14H2,1-4H3,(H2,22,23,24). The van der Waals surface area contributed by atoms with Gasteiger partial charge in [-0.3, -0.25) is 4.99 Å². The fraction of sp³-hybridized carbons (Fsp3) is 0.550. The topological polar surface area (TPSA) is 67.1 Å². The monoisotopic (exact) mass is 406 g/mol. The summed E-state index contributed by atoms with van der Waals surface area (Å²) >= 11 is 1.63. The molecule has 0 saturated heterocycles. The lowest BCUT2D eigenvalue weighted by Gasteiger charge is -2.13. The zero-order valence-electron chi connectivity index (χ0n) is 17.2. The summed E-state index contributed by atoms with van der Waals surface area (Å²) < 4.78 is 15.9. The number of guanidine groups is 1. The van der Waals surface area contributed by atoms with Gasteiger partial charge in [-0.1, -0.05) is 43.8 Å². The Labute approximate surface area is 171 Å². The van der Waals surface area contributed by atoms with Gasteiger partial charge >= 0.3 is 0 Å². The van der Waals surface area contributed by atoms with Gasteiger partial charge in [-0.2, -0.15) is 0 Å². The summed E-state index contributed by atoms with van der Waals surface area (Å²) in [6.07, 6.45) is 4.43. The van der Waals surface area contributed by atoms with Crippen LogP contribution in [0, 0.1) is 11.7 Å². The van der Waals surface area contributed by atoms with E-state index in [4.69, 9.17) is 0 Å². The lowest BCUT2D eigenvalue weighted by atomic mass is 10.1. The van der Waals surface area contributed by atoms with E-state index in [1.54, 1.807) is 24.9 Å². The van der Waals surface area contributed by atoms with Crippen molar-refractivity contribution in [2.45, 2.75) is 44.8 Å². The van der Waals surface area contributed by atoms with Crippen LogP contribution in [0.2, 0.25) is 0 Å². The lowest BCUT2D eigenvalue weighted by molar-refractivity contribution is 0.477. The fourth-order valence-corrected chi connectivity index (χ4v) is 3.42. The highest BCUT2D eigenvalue weighted by molar-refractivity contribution is 7.98. The first-order valence-corrected chi connectivity index (χ1v) is 10.9. The van der Waals surface area contributed by atoms with Crippen LogP contribution in [0.1, 0.15) is 31.7 Å². The molecule has 154 valence electrons. The van der Waals surface area contributed by atoms with Crippen molar-refractivity contribution in [3.8, 4) is 0 Å². The number of benzene rings is 1. The molecule has 0 bridgehead atoms. The number of hydrogen-bond acceptors (Lipinski definition) is 4. The summed E-state index contributed by atoms with van der Waals surface area (Å²) in [5.74, 6) is 2.14. The quantitative estimate of drug-likeness (QED) is 0.275. The molecule has 1 heterocycles. The largest absolute Gasteiger partial charge is 0.356 e. The van der Waals surface area contributed by atoms with E-state index >= 15 is 0 Å². The highest BCUT2D eigenvalue weighted by Crippen LogP contribution is 2.16. The zero-order valence-corrected chi connectivity index (χ0v) is 18.0. The number of hydrogen-bond donors (Lipinski definition) is 2. The first kappa shape index (κ1) is 22.2. The van der Waals surface area contributed by atoms with Crippen molar-refractivity contribution < 1.29 is 4.39 Å². The molecule has 0 atom stereocenters. The lowest BCUT2D eigenvalue weighted by Crippen LogP contribution is -2.39. The molecule has 0 fully saturated rings. The molecule has 1 aromatic heterocycles. The average molecular weight is 407 g/mol. The minimum Gasteiger partial charge on any atom is -0.356 e. The van der Waals surface area contributed by atoms with E-state index in [1.807, 2.05) is 18.4 Å². The number of thioether (sulfide) groups is 1. The Morgan fingerprint density at radius 1 is 1.18 bits per heavy atom. The maximum Gasteiger partial charge on any atom is 0.190 e. The molecule has 0 aliphatic rings. The Hall–Kier alpha value is -2.09. The van der Waals surface area contributed by atoms with Crippen LogP contribution in [0.25, 0.3) is 0 Å². The third-order valence-electron chi connectivity index (χ3n) is 4.26. The summed E-state index contributed by atoms with van der Waals surface area (Å²) in [6, 6.07) is 6.86. The van der Waals surface area contributed by atoms with Gasteiger partial charge in [0.1, 0.15) is 11.6 Å². The molecule has 0 unspecified atom stereocenters. The normalized spacial score (nSPS) is 11.9. The number of aryl methyl sites for hydroxylation is 1. The van der Waals surface area contributed by atoms with Crippen LogP contribution < -0.4 is 10.6 Å². The second-order valence-electron chi connectivity index (χ2n) is 6.98. The second kappa shape index (κ2) is 11.7. The van der Waals surface area contributed by atoms with Crippen LogP contribution in [-0.2, 0) is 19.4 Å². The molecule has 6 nitrogen and oxygen atoms in total. The van der Waals surface area contributed by atoms with Gasteiger partial charge in [0.05, 0.1) is 0 Å². The predicted molar refractivity (Wildman–Crippen MR) is 114 cm³/mol. The first-order valence-electron chi connectivity index (χ1n) is 9.69. The maximum absolute atomic E-state index is 13.7. The molecule has 1 aromatic carbocycles. The van der Waals surface area contributed by atoms with Gasteiger partial charge in [0.15, 0.2) is 11.1 Å². The summed E-state index contributed by atoms with van der Waals surface area (Å²) in [5.41, 5.74) is 0.708. The molecular weight excluding hydrogens is 375 g/mol. The Morgan fingerprint density at radius 2 is 1.93 bits per heavy atom. The number of aliphatic imine (C=N–C) groups is 1. The molecule has 0 saturated carbocycles. The van der Waals surface area contributed by atoms with Crippen LogP contribution in [0.15, 0.2) is 34.4 Å². The van der Waals surface area contributed by atoms with E-state index in [2.05, 4.69) is 44.2 Å². The maximum atomic E-state index is 13.7. The van der Waals surface area contributed by atoms with Crippen LogP contribution in [0.5, 0.6) is 0 Å². The van der Waals surface area contributed by atoms with E-state index in [-0.39, 0.29) is 5.82 Å². The molecule has 8 heteroatoms. The number of halogens is 1. The minimum atomic E-state index is -0.164. The number of nitrogens with one attached hydrogen (secondary N) is 2. The molecular formula is C20H31FN6S. The third kappa shape index (κ3) is 6.82. The van der Waals surface area contributed by atoms with Crippen molar-refractivity contribution in [2.24, 2.45) is 10.9 Å². The average Bonchev–Trinajstić information content (AvgIpc) is 3.06. The van der Waals surface area contributed by atoms with E-state index in [9.17, 15) is 4.39 Å². The second-order valence-corrected chi connectivity index (χ2v) is 7.75. The van der Waals surface area contributed by atoms with Crippen LogP contribution in [0.3, 0.4) is 0 Å². The van der Waals surface area contributed by atoms with Gasteiger partial charge in [-0.15, -0.1) is 10.2 Å². The zero-order chi connectivity index (χ0) is 20.4. The molecule has 0 amide bonds. The van der Waals surface area contributed by atoms with E-state index in [0.29, 0.717) is 24.4 Å². The Morgan fingerprint density at radius 3 is 2.61 bits per heavy atom. The highest BCUT2D eigenvalue weighted by atomic mass is 32.2. The smallest absolute Gasteiger partial charge is 0.190 e. The van der Waals surface area contributed by atoms with Crippen molar-refractivity contribution >= 4 is 17.7 Å². The van der Waals surface area contributed by atoms with Gasteiger partial charge < -0.3 is 15.2 Å². The van der Waals surface area contributed by atoms with Crippen molar-refractivity contribution in [3.05, 3.63) is 41.5 Å². The number of rotatable bonds is 10. The molecule has 0 aliphatic carbocycles. The Kier molecular flexibility index (Phi) is 9.27. The third-order valence-corrected chi connectivity index (χ3v) is 4.93. The molecule has 0 spiro atoms. The molecule has 2 aromatic rings. The summed E-state index contributed by atoms with van der Waals surface area (Å²) in [4.78, 5) is 4.22. The van der Waals surface area contributed by atoms with Crippen LogP contribution in [-0.4, -0.2) is 47.1 Å². The van der Waals surface area contributed by atoms with Crippen molar-refractivity contribution in [2.75, 3.05) is 26.4 Å². The Balaban J connectivity index is 1.74. The summed E-state index contributed by atoms with van der Waals surface area (Å²) in [5, 5.41) is 16.1. The number of nitrogens with zero attached hydrogens (tertiary/aromatic N) is 4. The summed E-state index contributed by atoms with van der Waals surface area (Å²) in [6.45, 7) is 6.74. The SMILES string of the molecule is CN=C(NCCCc1nnc(SC)n1CC(C)C)NCCc1ccccc1F. The molecule has 0 aliphatic heterocycles. The first-order chi connectivity index (χ1) is 13.5. The van der Waals surface area contributed by atoms with Gasteiger partial charge in [0.25, 0.3) is 0 Å².